The Morgan fingerprint density at radius 2 is 1.58 bits per heavy atom. The van der Waals surface area contributed by atoms with Crippen molar-refractivity contribution in [1.29, 1.82) is 0 Å². The van der Waals surface area contributed by atoms with Gasteiger partial charge in [-0.3, -0.25) is 14.6 Å². The molecule has 0 radical (unpaired) electrons. The van der Waals surface area contributed by atoms with Crippen LogP contribution in [0.25, 0.3) is 10.8 Å². The van der Waals surface area contributed by atoms with Crippen LogP contribution in [0.2, 0.25) is 0 Å². The van der Waals surface area contributed by atoms with Crippen LogP contribution in [0.15, 0.2) is 67.0 Å². The van der Waals surface area contributed by atoms with Gasteiger partial charge < -0.3 is 41.0 Å². The zero-order valence-electron chi connectivity index (χ0n) is 26.8. The molecule has 13 nitrogen and oxygen atoms in total. The number of nitrogens with two attached hydrogens (primary N) is 2. The number of hydrogen-bond donors (Lipinski definition) is 4. The van der Waals surface area contributed by atoms with E-state index in [4.69, 9.17) is 30.4 Å². The van der Waals surface area contributed by atoms with E-state index in [0.29, 0.717) is 46.7 Å². The van der Waals surface area contributed by atoms with E-state index in [9.17, 15) is 4.79 Å². The van der Waals surface area contributed by atoms with E-state index in [2.05, 4.69) is 30.4 Å². The molecule has 0 unspecified atom stereocenters. The molecule has 2 saturated heterocycles. The number of hydrogen-bond acceptors (Lipinski definition) is 12. The van der Waals surface area contributed by atoms with Crippen LogP contribution in [0.3, 0.4) is 0 Å². The number of carbonyl (C=O) groups excluding carboxylic acids is 1. The number of morpholine rings is 2. The average molecular weight is 661 g/mol. The monoisotopic (exact) mass is 660 g/mol. The summed E-state index contributed by atoms with van der Waals surface area (Å²) in [4.78, 5) is 26.0. The zero-order chi connectivity index (χ0) is 32.8. The van der Waals surface area contributed by atoms with Gasteiger partial charge in [0, 0.05) is 92.2 Å². The van der Waals surface area contributed by atoms with Gasteiger partial charge in [0.25, 0.3) is 5.91 Å². The number of aromatic nitrogens is 2. The normalized spacial score (nSPS) is 15.0. The van der Waals surface area contributed by atoms with E-state index in [1.54, 1.807) is 31.4 Å². The maximum absolute atomic E-state index is 12.9. The molecule has 3 aromatic carbocycles. The highest BCUT2D eigenvalue weighted by atomic mass is 16.5. The van der Waals surface area contributed by atoms with Crippen molar-refractivity contribution in [2.24, 2.45) is 5.73 Å². The van der Waals surface area contributed by atoms with Crippen molar-refractivity contribution in [3.8, 4) is 17.4 Å². The van der Waals surface area contributed by atoms with Gasteiger partial charge in [-0.1, -0.05) is 31.7 Å². The summed E-state index contributed by atoms with van der Waals surface area (Å²) in [6.07, 6.45) is 1.41. The first-order valence-electron chi connectivity index (χ1n) is 15.8. The maximum atomic E-state index is 12.9. The Morgan fingerprint density at radius 1 is 0.896 bits per heavy atom. The van der Waals surface area contributed by atoms with Gasteiger partial charge >= 0.3 is 0 Å². The number of rotatable bonds is 11. The van der Waals surface area contributed by atoms with Gasteiger partial charge in [0.2, 0.25) is 5.88 Å². The third kappa shape index (κ3) is 10.5. The second-order valence-electron chi connectivity index (χ2n) is 11.1. The minimum atomic E-state index is -0.179. The number of nitrogen functional groups attached to an aromatic ring is 1. The molecule has 258 valence electrons. The van der Waals surface area contributed by atoms with Crippen LogP contribution < -0.4 is 31.6 Å². The number of anilines is 3. The molecule has 0 saturated carbocycles. The quantitative estimate of drug-likeness (QED) is 0.173. The first kappa shape index (κ1) is 36.3. The van der Waals surface area contributed by atoms with Crippen LogP contribution in [-0.2, 0) is 9.47 Å². The fraction of sp³-hybridized carbons (Fsp3) is 0.400. The molecular formula is C35H48N8O5. The van der Waals surface area contributed by atoms with Gasteiger partial charge in [-0.25, -0.2) is 9.97 Å². The third-order valence-electron chi connectivity index (χ3n) is 7.82. The van der Waals surface area contributed by atoms with E-state index in [-0.39, 0.29) is 13.3 Å². The van der Waals surface area contributed by atoms with Crippen molar-refractivity contribution in [2.45, 2.75) is 7.43 Å². The predicted octanol–water partition coefficient (Wildman–Crippen LogP) is 3.73. The van der Waals surface area contributed by atoms with Gasteiger partial charge in [0.05, 0.1) is 33.5 Å². The van der Waals surface area contributed by atoms with E-state index >= 15 is 0 Å². The first-order valence-corrected chi connectivity index (χ1v) is 15.8. The Balaban J connectivity index is 0.000000452. The van der Waals surface area contributed by atoms with Crippen LogP contribution in [0, 0.1) is 0 Å². The van der Waals surface area contributed by atoms with Crippen molar-refractivity contribution in [3.63, 3.8) is 0 Å². The second-order valence-corrected chi connectivity index (χ2v) is 11.1. The predicted molar refractivity (Wildman–Crippen MR) is 189 cm³/mol. The molecule has 1 amide bonds. The molecule has 3 heterocycles. The molecule has 48 heavy (non-hydrogen) atoms. The van der Waals surface area contributed by atoms with Crippen LogP contribution in [0.4, 0.5) is 17.2 Å². The van der Waals surface area contributed by atoms with Gasteiger partial charge in [0.15, 0.2) is 0 Å². The molecular weight excluding hydrogens is 612 g/mol. The van der Waals surface area contributed by atoms with E-state index in [0.717, 1.165) is 83.0 Å². The standard InChI is InChI=1S/C28H30N6O4.C6H14N2O.CH4/c1-36-21-15-19(28(35)30-8-9-34-10-12-37-13-11-34)14-20(16-21)33-26-17-27(32-18-31-26)38-25-7-6-24(29)22-4-2-3-5-23(22)25;7-1-2-8-3-5-9-6-4-8;/h2-7,14-18H,8-13,29H2,1H3,(H,30,35)(H,31,32,33);1-7H2;1H4. The van der Waals surface area contributed by atoms with Crippen molar-refractivity contribution in [3.05, 3.63) is 72.6 Å². The SMILES string of the molecule is C.COc1cc(Nc2cc(Oc3ccc(N)c4ccccc34)ncn2)cc(C(=O)NCCN2CCOCC2)c1.NCCN1CCOCC1. The summed E-state index contributed by atoms with van der Waals surface area (Å²) in [5, 5.41) is 8.00. The molecule has 6 N–H and O–H groups in total. The number of fused-ring (bicyclic) bond motifs is 1. The van der Waals surface area contributed by atoms with Crippen LogP contribution >= 0.6 is 0 Å². The van der Waals surface area contributed by atoms with Gasteiger partial charge in [-0.2, -0.15) is 0 Å². The smallest absolute Gasteiger partial charge is 0.251 e. The second kappa shape index (κ2) is 18.7. The molecule has 1 aromatic heterocycles. The number of amides is 1. The summed E-state index contributed by atoms with van der Waals surface area (Å²) < 4.78 is 22.0. The minimum absolute atomic E-state index is 0. The Labute approximate surface area is 282 Å². The minimum Gasteiger partial charge on any atom is -0.497 e. The van der Waals surface area contributed by atoms with Crippen LogP contribution in [-0.4, -0.2) is 112 Å². The average Bonchev–Trinajstić information content (AvgIpc) is 3.11. The summed E-state index contributed by atoms with van der Waals surface area (Å²) in [6, 6.07) is 18.3. The molecule has 0 spiro atoms. The number of ether oxygens (including phenoxy) is 4. The largest absolute Gasteiger partial charge is 0.497 e. The number of benzene rings is 3. The van der Waals surface area contributed by atoms with Crippen LogP contribution in [0.1, 0.15) is 17.8 Å². The fourth-order valence-electron chi connectivity index (χ4n) is 5.29. The summed E-state index contributed by atoms with van der Waals surface area (Å²) >= 11 is 0. The highest BCUT2D eigenvalue weighted by molar-refractivity contribution is 5.97. The summed E-state index contributed by atoms with van der Waals surface area (Å²) in [7, 11) is 1.56. The summed E-state index contributed by atoms with van der Waals surface area (Å²) in [5.41, 5.74) is 13.3. The number of methoxy groups -OCH3 is 1. The zero-order valence-corrected chi connectivity index (χ0v) is 26.8. The van der Waals surface area contributed by atoms with E-state index in [1.165, 1.54) is 6.33 Å². The van der Waals surface area contributed by atoms with Crippen molar-refractivity contribution < 1.29 is 23.7 Å². The molecule has 2 fully saturated rings. The topological polar surface area (TPSA) is 162 Å². The van der Waals surface area contributed by atoms with Crippen molar-refractivity contribution in [1.82, 2.24) is 25.1 Å². The van der Waals surface area contributed by atoms with Gasteiger partial charge in [0.1, 0.15) is 23.6 Å². The molecule has 4 aromatic rings. The lowest BCUT2D eigenvalue weighted by molar-refractivity contribution is 0.0383. The highest BCUT2D eigenvalue weighted by Crippen LogP contribution is 2.33. The van der Waals surface area contributed by atoms with Crippen molar-refractivity contribution >= 4 is 33.9 Å². The lowest BCUT2D eigenvalue weighted by Gasteiger charge is -2.26. The lowest BCUT2D eigenvalue weighted by Crippen LogP contribution is -2.41. The molecule has 2 aliphatic rings. The first-order chi connectivity index (χ1) is 23.0. The molecule has 13 heteroatoms. The van der Waals surface area contributed by atoms with Gasteiger partial charge in [-0.15, -0.1) is 0 Å². The molecule has 2 aliphatic heterocycles. The van der Waals surface area contributed by atoms with Crippen molar-refractivity contribution in [2.75, 3.05) is 96.9 Å². The Bertz CT molecular complexity index is 1590. The molecule has 0 atom stereocenters. The third-order valence-corrected chi connectivity index (χ3v) is 7.82. The Kier molecular flexibility index (Phi) is 14.2. The van der Waals surface area contributed by atoms with E-state index < -0.39 is 0 Å². The maximum Gasteiger partial charge on any atom is 0.251 e. The Hall–Kier alpha value is -4.53. The number of nitrogens with one attached hydrogen (secondary N) is 2. The van der Waals surface area contributed by atoms with Crippen LogP contribution in [0.5, 0.6) is 17.4 Å². The summed E-state index contributed by atoms with van der Waals surface area (Å²) in [6.45, 7) is 10.2. The highest BCUT2D eigenvalue weighted by Gasteiger charge is 2.14. The lowest BCUT2D eigenvalue weighted by atomic mass is 10.1. The number of nitrogens with zero attached hydrogens (tertiary/aromatic N) is 4. The van der Waals surface area contributed by atoms with Gasteiger partial charge in [-0.05, 0) is 24.3 Å². The molecule has 0 aliphatic carbocycles. The molecule has 6 rings (SSSR count). The summed E-state index contributed by atoms with van der Waals surface area (Å²) in [5.74, 6) is 1.87. The van der Waals surface area contributed by atoms with E-state index in [1.807, 2.05) is 36.4 Å². The Morgan fingerprint density at radius 3 is 2.27 bits per heavy atom. The fourth-order valence-corrected chi connectivity index (χ4v) is 5.29. The molecule has 0 bridgehead atoms. The number of carbonyl (C=O) groups is 1.